The summed E-state index contributed by atoms with van der Waals surface area (Å²) in [6.45, 7) is 8.87. The number of benzene rings is 1. The van der Waals surface area contributed by atoms with Gasteiger partial charge in [-0.05, 0) is 19.1 Å². The van der Waals surface area contributed by atoms with E-state index in [2.05, 4.69) is 44.3 Å². The van der Waals surface area contributed by atoms with Gasteiger partial charge in [-0.25, -0.2) is 0 Å². The van der Waals surface area contributed by atoms with Gasteiger partial charge in [-0.2, -0.15) is 0 Å². The molecule has 0 saturated heterocycles. The van der Waals surface area contributed by atoms with Crippen molar-refractivity contribution < 1.29 is 5.11 Å². The zero-order valence-corrected chi connectivity index (χ0v) is 12.7. The van der Waals surface area contributed by atoms with E-state index < -0.39 is 14.3 Å². The lowest BCUT2D eigenvalue weighted by Gasteiger charge is -2.27. The van der Waals surface area contributed by atoms with E-state index in [4.69, 9.17) is 0 Å². The first-order chi connectivity index (χ1) is 7.88. The van der Waals surface area contributed by atoms with Crippen LogP contribution in [-0.2, 0) is 0 Å². The molecule has 0 spiro atoms. The predicted octanol–water partition coefficient (Wildman–Crippen LogP) is 2.79. The van der Waals surface area contributed by atoms with E-state index in [1.165, 1.54) is 17.7 Å². The highest BCUT2D eigenvalue weighted by Crippen LogP contribution is 2.17. The first-order valence-corrected chi connectivity index (χ1v) is 9.60. The Balaban J connectivity index is 3.00. The minimum atomic E-state index is -1.30. The summed E-state index contributed by atoms with van der Waals surface area (Å²) < 4.78 is 0. The molecule has 1 N–H and O–H groups in total. The monoisotopic (exact) mass is 251 g/mol. The maximum Gasteiger partial charge on any atom is 0.123 e. The zero-order valence-electron chi connectivity index (χ0n) is 11.7. The van der Waals surface area contributed by atoms with Gasteiger partial charge in [-0.1, -0.05) is 49.8 Å². The van der Waals surface area contributed by atoms with Crippen LogP contribution >= 0.6 is 0 Å². The second-order valence-corrected chi connectivity index (χ2v) is 10.3. The highest BCUT2D eigenvalue weighted by Gasteiger charge is 2.22. The van der Waals surface area contributed by atoms with Gasteiger partial charge in [0.15, 0.2) is 0 Å². The average Bonchev–Trinajstić information content (AvgIpc) is 2.28. The van der Waals surface area contributed by atoms with Crippen LogP contribution in [-0.4, -0.2) is 26.5 Å². The van der Waals surface area contributed by atoms with Gasteiger partial charge in [-0.3, -0.25) is 0 Å². The van der Waals surface area contributed by atoms with Crippen LogP contribution < -0.4 is 10.1 Å². The van der Waals surface area contributed by atoms with Gasteiger partial charge < -0.3 is 10.0 Å². The van der Waals surface area contributed by atoms with Crippen LogP contribution in [0, 0.1) is 0 Å². The van der Waals surface area contributed by atoms with Crippen molar-refractivity contribution in [1.82, 2.24) is 0 Å². The number of aliphatic hydroxyl groups excluding tert-OH is 1. The molecule has 1 aromatic rings. The molecule has 1 rings (SSSR count). The molecule has 0 aromatic heterocycles. The van der Waals surface area contributed by atoms with Gasteiger partial charge in [0.05, 0.1) is 8.07 Å². The molecule has 0 aliphatic carbocycles. The number of nitrogens with zero attached hydrogens (tertiary/aromatic N) is 1. The van der Waals surface area contributed by atoms with E-state index in [1.54, 1.807) is 6.92 Å². The third-order valence-corrected chi connectivity index (χ3v) is 7.09. The molecule has 0 saturated carbocycles. The van der Waals surface area contributed by atoms with Gasteiger partial charge in [0, 0.05) is 12.7 Å². The molecule has 0 heterocycles. The minimum absolute atomic E-state index is 0.443. The molecule has 1 unspecified atom stereocenters. The lowest BCUT2D eigenvalue weighted by molar-refractivity contribution is 0.195. The molecule has 0 aliphatic heterocycles. The van der Waals surface area contributed by atoms with E-state index in [9.17, 15) is 5.11 Å². The number of rotatable bonds is 5. The fraction of sp³-hybridized carbons (Fsp3) is 0.571. The highest BCUT2D eigenvalue weighted by atomic mass is 28.3. The largest absolute Gasteiger partial charge is 0.374 e. The lowest BCUT2D eigenvalue weighted by Crippen LogP contribution is -2.41. The highest BCUT2D eigenvalue weighted by molar-refractivity contribution is 6.89. The van der Waals surface area contributed by atoms with Crippen LogP contribution in [0.15, 0.2) is 24.3 Å². The summed E-state index contributed by atoms with van der Waals surface area (Å²) in [6.07, 6.45) is 0.802. The molecule has 2 nitrogen and oxygen atoms in total. The lowest BCUT2D eigenvalue weighted by atomic mass is 10.3. The van der Waals surface area contributed by atoms with E-state index >= 15 is 0 Å². The Bertz CT molecular complexity index is 363. The van der Waals surface area contributed by atoms with E-state index in [-0.39, 0.29) is 0 Å². The molecule has 17 heavy (non-hydrogen) atoms. The van der Waals surface area contributed by atoms with Crippen molar-refractivity contribution in [3.63, 3.8) is 0 Å². The minimum Gasteiger partial charge on any atom is -0.374 e. The van der Waals surface area contributed by atoms with Crippen LogP contribution in [0.25, 0.3) is 0 Å². The molecular weight excluding hydrogens is 226 g/mol. The van der Waals surface area contributed by atoms with E-state index in [0.717, 1.165) is 5.69 Å². The Kier molecular flexibility index (Phi) is 4.77. The fourth-order valence-electron chi connectivity index (χ4n) is 2.13. The summed E-state index contributed by atoms with van der Waals surface area (Å²) in [5, 5.41) is 11.1. The summed E-state index contributed by atoms with van der Waals surface area (Å²) in [7, 11) is 0.629. The Morgan fingerprint density at radius 2 is 2.00 bits per heavy atom. The molecule has 0 fully saturated rings. The standard InChI is InChI=1S/C14H25NOSi/c1-6-10-17(4,5)14-9-7-8-13(11-14)15(3)12(2)16/h7-9,11-12,16H,6,10H2,1-5H3. The predicted molar refractivity (Wildman–Crippen MR) is 78.7 cm³/mol. The average molecular weight is 251 g/mol. The van der Waals surface area contributed by atoms with Gasteiger partial charge in [0.1, 0.15) is 6.23 Å². The molecule has 3 heteroatoms. The molecule has 1 atom stereocenters. The summed E-state index contributed by atoms with van der Waals surface area (Å²) in [4.78, 5) is 1.90. The summed E-state index contributed by atoms with van der Waals surface area (Å²) in [5.74, 6) is 0. The topological polar surface area (TPSA) is 23.5 Å². The Morgan fingerprint density at radius 3 is 2.53 bits per heavy atom. The summed E-state index contributed by atoms with van der Waals surface area (Å²) >= 11 is 0. The van der Waals surface area contributed by atoms with Gasteiger partial charge in [0.25, 0.3) is 0 Å². The fourth-order valence-corrected chi connectivity index (χ4v) is 4.76. The Hall–Kier alpha value is -0.803. The van der Waals surface area contributed by atoms with Crippen LogP contribution in [0.4, 0.5) is 5.69 Å². The SMILES string of the molecule is CCC[Si](C)(C)c1cccc(N(C)C(C)O)c1. The van der Waals surface area contributed by atoms with Crippen molar-refractivity contribution in [2.75, 3.05) is 11.9 Å². The summed E-state index contributed by atoms with van der Waals surface area (Å²) in [5.41, 5.74) is 1.11. The second kappa shape index (κ2) is 5.69. The quantitative estimate of drug-likeness (QED) is 0.642. The maximum atomic E-state index is 9.61. The third-order valence-electron chi connectivity index (χ3n) is 3.47. The van der Waals surface area contributed by atoms with Crippen LogP contribution in [0.3, 0.4) is 0 Å². The molecule has 96 valence electrons. The molecular formula is C14H25NOSi. The van der Waals surface area contributed by atoms with Crippen molar-refractivity contribution in [2.45, 2.75) is 45.6 Å². The molecule has 1 aromatic carbocycles. The smallest absolute Gasteiger partial charge is 0.123 e. The first-order valence-electron chi connectivity index (χ1n) is 6.40. The summed E-state index contributed by atoms with van der Waals surface area (Å²) in [6, 6.07) is 9.96. The molecule has 0 aliphatic rings. The van der Waals surface area contributed by atoms with Crippen molar-refractivity contribution in [3.05, 3.63) is 24.3 Å². The number of anilines is 1. The normalized spacial score (nSPS) is 13.5. The van der Waals surface area contributed by atoms with Gasteiger partial charge in [0.2, 0.25) is 0 Å². The molecule has 0 amide bonds. The Morgan fingerprint density at radius 1 is 1.35 bits per heavy atom. The first kappa shape index (κ1) is 14.3. The van der Waals surface area contributed by atoms with E-state index in [0.29, 0.717) is 0 Å². The van der Waals surface area contributed by atoms with Gasteiger partial charge >= 0.3 is 0 Å². The molecule has 0 radical (unpaired) electrons. The van der Waals surface area contributed by atoms with Crippen molar-refractivity contribution in [2.24, 2.45) is 0 Å². The van der Waals surface area contributed by atoms with Crippen molar-refractivity contribution in [3.8, 4) is 0 Å². The van der Waals surface area contributed by atoms with E-state index in [1.807, 2.05) is 11.9 Å². The van der Waals surface area contributed by atoms with Crippen LogP contribution in [0.5, 0.6) is 0 Å². The molecule has 0 bridgehead atoms. The van der Waals surface area contributed by atoms with Crippen molar-refractivity contribution in [1.29, 1.82) is 0 Å². The number of hydrogen-bond acceptors (Lipinski definition) is 2. The Labute approximate surface area is 106 Å². The van der Waals surface area contributed by atoms with Crippen molar-refractivity contribution >= 4 is 18.9 Å². The number of hydrogen-bond donors (Lipinski definition) is 1. The zero-order chi connectivity index (χ0) is 13.1. The van der Waals surface area contributed by atoms with Crippen LogP contribution in [0.2, 0.25) is 19.1 Å². The van der Waals surface area contributed by atoms with Crippen LogP contribution in [0.1, 0.15) is 20.3 Å². The number of aliphatic hydroxyl groups is 1. The van der Waals surface area contributed by atoms with Gasteiger partial charge in [-0.15, -0.1) is 0 Å². The third kappa shape index (κ3) is 3.58. The second-order valence-electron chi connectivity index (χ2n) is 5.43. The maximum absolute atomic E-state index is 9.61.